The number of amides is 5. The normalized spacial score (nSPS) is 18.1. The average molecular weight is 455 g/mol. The van der Waals surface area contributed by atoms with E-state index in [1.165, 1.54) is 21.8 Å². The zero-order valence-corrected chi connectivity index (χ0v) is 19.1. The first kappa shape index (κ1) is 22.0. The van der Waals surface area contributed by atoms with Crippen LogP contribution in [0, 0.1) is 6.92 Å². The quantitative estimate of drug-likeness (QED) is 0.603. The minimum Gasteiger partial charge on any atom is -0.334 e. The molecular weight excluding hydrogens is 428 g/mol. The van der Waals surface area contributed by atoms with Crippen LogP contribution >= 0.6 is 11.3 Å². The van der Waals surface area contributed by atoms with Crippen LogP contribution in [0.15, 0.2) is 23.6 Å². The van der Waals surface area contributed by atoms with E-state index in [-0.39, 0.29) is 24.3 Å². The van der Waals surface area contributed by atoms with E-state index in [9.17, 15) is 19.2 Å². The van der Waals surface area contributed by atoms with Crippen molar-refractivity contribution in [3.05, 3.63) is 51.4 Å². The van der Waals surface area contributed by atoms with Gasteiger partial charge in [0, 0.05) is 25.1 Å². The van der Waals surface area contributed by atoms with Gasteiger partial charge in [0.05, 0.1) is 0 Å². The molecule has 8 nitrogen and oxygen atoms in total. The summed E-state index contributed by atoms with van der Waals surface area (Å²) in [6, 6.07) is 4.51. The van der Waals surface area contributed by atoms with E-state index in [1.54, 1.807) is 12.1 Å². The van der Waals surface area contributed by atoms with Crippen LogP contribution in [-0.4, -0.2) is 34.7 Å². The Kier molecular flexibility index (Phi) is 6.01. The monoisotopic (exact) mass is 454 g/mol. The zero-order chi connectivity index (χ0) is 23.0. The molecule has 5 amide bonds. The number of nitrogens with zero attached hydrogens (tertiary/aromatic N) is 1. The Balaban J connectivity index is 1.39. The summed E-state index contributed by atoms with van der Waals surface area (Å²) in [4.78, 5) is 50.3. The van der Waals surface area contributed by atoms with Crippen molar-refractivity contribution < 1.29 is 19.2 Å². The highest BCUT2D eigenvalue weighted by atomic mass is 32.1. The predicted octanol–water partition coefficient (Wildman–Crippen LogP) is 3.26. The molecule has 32 heavy (non-hydrogen) atoms. The van der Waals surface area contributed by atoms with Crippen molar-refractivity contribution in [2.45, 2.75) is 58.7 Å². The zero-order valence-electron chi connectivity index (χ0n) is 18.3. The molecule has 0 saturated carbocycles. The Bertz CT molecular complexity index is 1110. The number of rotatable bonds is 5. The number of nitrogens with one attached hydrogen (secondary N) is 3. The predicted molar refractivity (Wildman–Crippen MR) is 121 cm³/mol. The van der Waals surface area contributed by atoms with Crippen LogP contribution in [0.25, 0.3) is 0 Å². The van der Waals surface area contributed by atoms with Gasteiger partial charge in [0.15, 0.2) is 0 Å². The number of imide groups is 1. The second-order valence-corrected chi connectivity index (χ2v) is 9.39. The molecule has 1 fully saturated rings. The molecule has 3 heterocycles. The molecule has 2 aromatic rings. The molecule has 2 aliphatic rings. The Morgan fingerprint density at radius 2 is 2.06 bits per heavy atom. The van der Waals surface area contributed by atoms with E-state index < -0.39 is 11.9 Å². The van der Waals surface area contributed by atoms with Gasteiger partial charge in [-0.2, -0.15) is 0 Å². The van der Waals surface area contributed by atoms with Crippen molar-refractivity contribution in [2.75, 3.05) is 5.32 Å². The third-order valence-corrected chi connectivity index (χ3v) is 6.90. The molecule has 1 atom stereocenters. The van der Waals surface area contributed by atoms with Crippen molar-refractivity contribution in [1.82, 2.24) is 15.5 Å². The summed E-state index contributed by atoms with van der Waals surface area (Å²) in [5, 5.41) is 11.0. The summed E-state index contributed by atoms with van der Waals surface area (Å²) in [5.41, 5.74) is 4.55. The van der Waals surface area contributed by atoms with E-state index in [2.05, 4.69) is 29.8 Å². The second kappa shape index (κ2) is 8.74. The lowest BCUT2D eigenvalue weighted by Crippen LogP contribution is -2.52. The fourth-order valence-electron chi connectivity index (χ4n) is 4.34. The Hall–Kier alpha value is -3.20. The first-order valence-electron chi connectivity index (χ1n) is 10.6. The van der Waals surface area contributed by atoms with E-state index in [1.807, 2.05) is 18.4 Å². The van der Waals surface area contributed by atoms with Crippen molar-refractivity contribution >= 4 is 40.1 Å². The molecule has 9 heteroatoms. The SMILES string of the molecule is Cc1csc(NC(=O)NCc2ccc3c(c2)CN(C2CCC(=O)NC2=O)C3=O)c1C(C)C. The summed E-state index contributed by atoms with van der Waals surface area (Å²) in [6.45, 7) is 6.86. The fraction of sp³-hybridized carbons (Fsp3) is 0.391. The molecular formula is C23H26N4O4S. The summed E-state index contributed by atoms with van der Waals surface area (Å²) >= 11 is 1.52. The van der Waals surface area contributed by atoms with Crippen LogP contribution in [0.3, 0.4) is 0 Å². The molecule has 168 valence electrons. The summed E-state index contributed by atoms with van der Waals surface area (Å²) in [7, 11) is 0. The molecule has 0 radical (unpaired) electrons. The number of hydrogen-bond donors (Lipinski definition) is 3. The maximum absolute atomic E-state index is 12.8. The van der Waals surface area contributed by atoms with Crippen LogP contribution in [0.5, 0.6) is 0 Å². The van der Waals surface area contributed by atoms with Crippen LogP contribution in [-0.2, 0) is 22.7 Å². The van der Waals surface area contributed by atoms with Gasteiger partial charge in [-0.15, -0.1) is 11.3 Å². The van der Waals surface area contributed by atoms with Crippen molar-refractivity contribution in [3.63, 3.8) is 0 Å². The van der Waals surface area contributed by atoms with E-state index in [0.717, 1.165) is 21.7 Å². The second-order valence-electron chi connectivity index (χ2n) is 8.52. The number of carbonyl (C=O) groups is 4. The Morgan fingerprint density at radius 3 is 2.78 bits per heavy atom. The van der Waals surface area contributed by atoms with E-state index >= 15 is 0 Å². The highest BCUT2D eigenvalue weighted by molar-refractivity contribution is 7.14. The van der Waals surface area contributed by atoms with Crippen molar-refractivity contribution in [3.8, 4) is 0 Å². The molecule has 3 N–H and O–H groups in total. The molecule has 4 rings (SSSR count). The number of aryl methyl sites for hydroxylation is 1. The van der Waals surface area contributed by atoms with Crippen molar-refractivity contribution in [1.29, 1.82) is 0 Å². The average Bonchev–Trinajstić information content (AvgIpc) is 3.26. The maximum Gasteiger partial charge on any atom is 0.320 e. The van der Waals surface area contributed by atoms with Gasteiger partial charge in [0.2, 0.25) is 11.8 Å². The molecule has 1 saturated heterocycles. The van der Waals surface area contributed by atoms with Gasteiger partial charge in [0.25, 0.3) is 5.91 Å². The van der Waals surface area contributed by atoms with Crippen LogP contribution < -0.4 is 16.0 Å². The third kappa shape index (κ3) is 4.25. The molecule has 2 aliphatic heterocycles. The number of benzene rings is 1. The number of hydrogen-bond acceptors (Lipinski definition) is 5. The minimum atomic E-state index is -0.635. The van der Waals surface area contributed by atoms with Gasteiger partial charge in [-0.1, -0.05) is 26.0 Å². The number of piperidine rings is 1. The van der Waals surface area contributed by atoms with Crippen LogP contribution in [0.2, 0.25) is 0 Å². The molecule has 1 unspecified atom stereocenters. The molecule has 0 aliphatic carbocycles. The lowest BCUT2D eigenvalue weighted by Gasteiger charge is -2.29. The lowest BCUT2D eigenvalue weighted by atomic mass is 10.0. The van der Waals surface area contributed by atoms with Gasteiger partial charge in [-0.05, 0) is 53.0 Å². The summed E-state index contributed by atoms with van der Waals surface area (Å²) in [5.74, 6) is -0.620. The molecule has 1 aromatic carbocycles. The van der Waals surface area contributed by atoms with Gasteiger partial charge in [0.1, 0.15) is 11.0 Å². The number of thiophene rings is 1. The standard InChI is InChI=1S/C23H26N4O4S/c1-12(2)19-13(3)11-32-21(19)26-23(31)24-9-14-4-5-16-15(8-14)10-27(22(16)30)17-6-7-18(28)25-20(17)29/h4-5,8,11-12,17H,6-7,9-10H2,1-3H3,(H2,24,26,31)(H,25,28,29). The van der Waals surface area contributed by atoms with Crippen LogP contribution in [0.1, 0.15) is 65.2 Å². The molecule has 0 bridgehead atoms. The lowest BCUT2D eigenvalue weighted by molar-refractivity contribution is -0.136. The molecule has 0 spiro atoms. The van der Waals surface area contributed by atoms with Gasteiger partial charge >= 0.3 is 6.03 Å². The third-order valence-electron chi connectivity index (χ3n) is 5.87. The summed E-state index contributed by atoms with van der Waals surface area (Å²) in [6.07, 6.45) is 0.558. The van der Waals surface area contributed by atoms with Gasteiger partial charge in [-0.25, -0.2) is 4.79 Å². The van der Waals surface area contributed by atoms with E-state index in [4.69, 9.17) is 0 Å². The maximum atomic E-state index is 12.8. The smallest absolute Gasteiger partial charge is 0.320 e. The Labute approximate surface area is 190 Å². The first-order valence-corrected chi connectivity index (χ1v) is 11.5. The highest BCUT2D eigenvalue weighted by Crippen LogP contribution is 2.33. The minimum absolute atomic E-state index is 0.207. The number of fused-ring (bicyclic) bond motifs is 1. The Morgan fingerprint density at radius 1 is 1.28 bits per heavy atom. The molecule has 1 aromatic heterocycles. The topological polar surface area (TPSA) is 108 Å². The first-order chi connectivity index (χ1) is 15.2. The largest absolute Gasteiger partial charge is 0.334 e. The number of carbonyl (C=O) groups excluding carboxylic acids is 4. The number of urea groups is 1. The number of anilines is 1. The summed E-state index contributed by atoms with van der Waals surface area (Å²) < 4.78 is 0. The highest BCUT2D eigenvalue weighted by Gasteiger charge is 2.39. The van der Waals surface area contributed by atoms with Crippen molar-refractivity contribution in [2.24, 2.45) is 0 Å². The fourth-order valence-corrected chi connectivity index (χ4v) is 5.43. The van der Waals surface area contributed by atoms with Gasteiger partial charge in [-0.3, -0.25) is 25.0 Å². The van der Waals surface area contributed by atoms with Gasteiger partial charge < -0.3 is 10.2 Å². The van der Waals surface area contributed by atoms with Crippen LogP contribution in [0.4, 0.5) is 9.80 Å². The van der Waals surface area contributed by atoms with E-state index in [0.29, 0.717) is 31.0 Å².